The number of benzene rings is 2. The number of pyridine rings is 1. The molecule has 0 saturated carbocycles. The third-order valence-corrected chi connectivity index (χ3v) is 17.4. The van der Waals surface area contributed by atoms with Crippen molar-refractivity contribution in [1.29, 1.82) is 0 Å². The zero-order valence-electron chi connectivity index (χ0n) is 36.7. The molecule has 2 aliphatic heterocycles. The zero-order chi connectivity index (χ0) is 45.7. The van der Waals surface area contributed by atoms with E-state index in [0.717, 1.165) is 8.48 Å². The Balaban J connectivity index is 1.21. The standard InChI is InChI=1S/C42H49N6O10S.3CH3.Sn/c1-42(2,3)58-41(54)46-23-11-10-20-32(49)47-33-37(51)48-34(39(52)57-35(28-15-6-4-7-16-28)29-17-8-5-9-18-29)31(27-59(55)38(33)48)26-56-40(53)45-24-13-12-22-44-36(50)30-19-14-21-43-25-30;;;;/h4-9,15-19,21,25,33,35,38H,10-13,20,22-24,26-27H2,1-3H3,(H,44,50)(H,45,53)(H,46,54)(H,47,49);3*1H3;/t33-,38?,59?;;;;/m1..../s1. The first-order valence-corrected chi connectivity index (χ1v) is 32.4. The molecule has 1 saturated heterocycles. The van der Waals surface area contributed by atoms with Gasteiger partial charge >= 0.3 is 141 Å². The molecule has 1 aromatic heterocycles. The SMILES string of the molecule is CC(C)(C)OC(=O)NCCCCC(=O)N[C@@H]1C(=O)N2C(C(=O)OC(c3ccccc3)c3ccccc3)=C(COC(=O)NCCCCNC(=O)c3cnc[c]([Sn]([CH3])([CH3])[CH3])c3)CS(=O)C12. The summed E-state index contributed by atoms with van der Waals surface area (Å²) in [5.41, 5.74) is 1.13. The topological polar surface area (TPSA) is 211 Å². The van der Waals surface area contributed by atoms with Crippen LogP contribution in [0.3, 0.4) is 0 Å². The van der Waals surface area contributed by atoms with E-state index in [2.05, 4.69) is 41.1 Å². The summed E-state index contributed by atoms with van der Waals surface area (Å²) >= 11 is -2.40. The van der Waals surface area contributed by atoms with Crippen molar-refractivity contribution >= 4 is 68.6 Å². The number of nitrogens with zero attached hydrogens (tertiary/aromatic N) is 2. The Morgan fingerprint density at radius 1 is 0.841 bits per heavy atom. The van der Waals surface area contributed by atoms with Crippen LogP contribution in [-0.2, 0) is 39.4 Å². The van der Waals surface area contributed by atoms with E-state index in [1.165, 1.54) is 0 Å². The van der Waals surface area contributed by atoms with E-state index < -0.39 is 88.9 Å². The van der Waals surface area contributed by atoms with E-state index in [1.54, 1.807) is 51.2 Å². The molecule has 3 heterocycles. The van der Waals surface area contributed by atoms with Crippen molar-refractivity contribution in [3.63, 3.8) is 0 Å². The van der Waals surface area contributed by atoms with Gasteiger partial charge in [0.15, 0.2) is 6.10 Å². The maximum Gasteiger partial charge on any atom is 0.142 e. The largest absolute Gasteiger partial charge is 0.257 e. The Kier molecular flexibility index (Phi) is 17.3. The number of fused-ring (bicyclic) bond motifs is 1. The molecule has 63 heavy (non-hydrogen) atoms. The summed E-state index contributed by atoms with van der Waals surface area (Å²) in [5.74, 6) is -2.45. The number of amides is 5. The maximum absolute atomic E-state index is 14.3. The number of hydrogen-bond acceptors (Lipinski definition) is 11. The molecule has 3 atom stereocenters. The molecule has 5 rings (SSSR count). The van der Waals surface area contributed by atoms with Crippen LogP contribution in [0, 0.1) is 0 Å². The van der Waals surface area contributed by atoms with Gasteiger partial charge in [-0.2, -0.15) is 0 Å². The van der Waals surface area contributed by atoms with Gasteiger partial charge in [0.1, 0.15) is 29.3 Å². The van der Waals surface area contributed by atoms with E-state index in [9.17, 15) is 33.0 Å². The van der Waals surface area contributed by atoms with Gasteiger partial charge in [0.05, 0.1) is 16.6 Å². The minimum Gasteiger partial charge on any atom is -0.257 e. The molecule has 2 aromatic carbocycles. The molecule has 2 aliphatic rings. The number of esters is 1. The van der Waals surface area contributed by atoms with Crippen molar-refractivity contribution in [2.75, 3.05) is 32.0 Å². The minimum absolute atomic E-state index is 0.0358. The molecular weight excluding hydrogens is 935 g/mol. The van der Waals surface area contributed by atoms with Crippen LogP contribution in [0.4, 0.5) is 9.59 Å². The number of ether oxygens (including phenoxy) is 3. The molecule has 3 aromatic rings. The average molecular weight is 994 g/mol. The summed E-state index contributed by atoms with van der Waals surface area (Å²) in [5, 5.41) is 9.79. The Hall–Kier alpha value is -5.30. The van der Waals surface area contributed by atoms with Crippen LogP contribution in [0.25, 0.3) is 0 Å². The quantitative estimate of drug-likeness (QED) is 0.0430. The van der Waals surface area contributed by atoms with Crippen LogP contribution in [0.1, 0.15) is 80.5 Å². The van der Waals surface area contributed by atoms with Gasteiger partial charge in [-0.1, -0.05) is 60.7 Å². The van der Waals surface area contributed by atoms with Crippen molar-refractivity contribution in [2.24, 2.45) is 0 Å². The maximum atomic E-state index is 14.3. The number of aromatic nitrogens is 1. The predicted molar refractivity (Wildman–Crippen MR) is 240 cm³/mol. The van der Waals surface area contributed by atoms with E-state index in [0.29, 0.717) is 48.9 Å². The van der Waals surface area contributed by atoms with Gasteiger partial charge in [-0.05, 0) is 44.7 Å². The molecule has 4 N–H and O–H groups in total. The van der Waals surface area contributed by atoms with Crippen molar-refractivity contribution in [3.05, 3.63) is 107 Å². The number of hydrogen-bond donors (Lipinski definition) is 4. The first-order valence-electron chi connectivity index (χ1n) is 21.1. The number of carbonyl (C=O) groups is 6. The number of unbranched alkanes of at least 4 members (excludes halogenated alkanes) is 2. The van der Waals surface area contributed by atoms with Crippen LogP contribution in [0.15, 0.2) is 90.4 Å². The number of rotatable bonds is 19. The van der Waals surface area contributed by atoms with Crippen LogP contribution in [0.5, 0.6) is 0 Å². The second-order valence-corrected chi connectivity index (χ2v) is 33.3. The summed E-state index contributed by atoms with van der Waals surface area (Å²) in [6, 6.07) is 18.9. The van der Waals surface area contributed by atoms with Crippen molar-refractivity contribution < 1.29 is 47.2 Å². The van der Waals surface area contributed by atoms with Crippen molar-refractivity contribution in [1.82, 2.24) is 31.2 Å². The molecule has 18 heteroatoms. The molecular formula is C45H58N6O10SSn. The van der Waals surface area contributed by atoms with Crippen LogP contribution < -0.4 is 24.8 Å². The van der Waals surface area contributed by atoms with Crippen molar-refractivity contribution in [2.45, 2.75) is 90.8 Å². The molecule has 0 spiro atoms. The fourth-order valence-corrected chi connectivity index (χ4v) is 11.4. The van der Waals surface area contributed by atoms with Gasteiger partial charge in [-0.3, -0.25) is 18.7 Å². The van der Waals surface area contributed by atoms with E-state index in [4.69, 9.17) is 14.2 Å². The number of carbonyl (C=O) groups excluding carboxylic acids is 6. The van der Waals surface area contributed by atoms with Gasteiger partial charge in [-0.25, -0.2) is 9.59 Å². The van der Waals surface area contributed by atoms with Gasteiger partial charge in [-0.15, -0.1) is 0 Å². The monoisotopic (exact) mass is 994 g/mol. The zero-order valence-corrected chi connectivity index (χ0v) is 40.4. The normalized spacial score (nSPS) is 17.2. The smallest absolute Gasteiger partial charge is 0.142 e. The Labute approximate surface area is 375 Å². The summed E-state index contributed by atoms with van der Waals surface area (Å²) in [7, 11) is -1.80. The first-order chi connectivity index (χ1) is 29.9. The molecule has 0 aliphatic carbocycles. The molecule has 16 nitrogen and oxygen atoms in total. The molecule has 5 amide bonds. The summed E-state index contributed by atoms with van der Waals surface area (Å²) in [4.78, 5) is 90.6. The Morgan fingerprint density at radius 3 is 2.03 bits per heavy atom. The number of β-lactam (4-membered cyclic amide) rings is 1. The fraction of sp³-hybridized carbons (Fsp3) is 0.444. The Morgan fingerprint density at radius 2 is 1.43 bits per heavy atom. The molecule has 0 bridgehead atoms. The third-order valence-electron chi connectivity index (χ3n) is 10.0. The van der Waals surface area contributed by atoms with E-state index >= 15 is 0 Å². The van der Waals surface area contributed by atoms with Crippen LogP contribution in [0.2, 0.25) is 14.8 Å². The second kappa shape index (κ2) is 22.4. The minimum atomic E-state index is -2.40. The number of alkyl carbamates (subject to hydrolysis) is 2. The Bertz CT molecular complexity index is 2140. The van der Waals surface area contributed by atoms with Gasteiger partial charge in [0.25, 0.3) is 5.91 Å². The van der Waals surface area contributed by atoms with Crippen molar-refractivity contribution in [3.8, 4) is 0 Å². The molecule has 0 radical (unpaired) electrons. The molecule has 338 valence electrons. The average Bonchev–Trinajstić information content (AvgIpc) is 3.24. The first kappa shape index (κ1) is 48.7. The van der Waals surface area contributed by atoms with Gasteiger partial charge < -0.3 is 20.1 Å². The third kappa shape index (κ3) is 14.1. The second-order valence-electron chi connectivity index (χ2n) is 17.3. The van der Waals surface area contributed by atoms with E-state index in [-0.39, 0.29) is 42.4 Å². The molecule has 1 fully saturated rings. The van der Waals surface area contributed by atoms with E-state index in [1.807, 2.05) is 48.7 Å². The summed E-state index contributed by atoms with van der Waals surface area (Å²) < 4.78 is 31.8. The predicted octanol–water partition coefficient (Wildman–Crippen LogP) is 4.56. The van der Waals surface area contributed by atoms with Gasteiger partial charge in [0, 0.05) is 18.5 Å². The summed E-state index contributed by atoms with van der Waals surface area (Å²) in [6.07, 6.45) is 3.15. The van der Waals surface area contributed by atoms with Crippen LogP contribution >= 0.6 is 0 Å². The molecule has 2 unspecified atom stereocenters. The number of nitrogens with one attached hydrogen (secondary N) is 4. The summed E-state index contributed by atoms with van der Waals surface area (Å²) in [6.45, 7) is 5.70. The fourth-order valence-electron chi connectivity index (χ4n) is 6.78. The van der Waals surface area contributed by atoms with Gasteiger partial charge in [0.2, 0.25) is 5.91 Å². The van der Waals surface area contributed by atoms with Crippen LogP contribution in [-0.4, -0.2) is 117 Å².